The van der Waals surface area contributed by atoms with Crippen LogP contribution in [0.25, 0.3) is 0 Å². The van der Waals surface area contributed by atoms with Crippen molar-refractivity contribution in [1.29, 1.82) is 0 Å². The fraction of sp³-hybridized carbons (Fsp3) is 0.923. The zero-order valence-corrected chi connectivity index (χ0v) is 11.4. The van der Waals surface area contributed by atoms with Crippen molar-refractivity contribution >= 4 is 5.97 Å². The maximum atomic E-state index is 10.3. The average Bonchev–Trinajstić information content (AvgIpc) is 2.26. The van der Waals surface area contributed by atoms with E-state index in [0.29, 0.717) is 12.0 Å². The first-order valence-electron chi connectivity index (χ1n) is 6.60. The molecule has 0 fully saturated rings. The lowest BCUT2D eigenvalue weighted by Gasteiger charge is -2.22. The largest absolute Gasteiger partial charge is 0.481 e. The molecule has 0 aliphatic heterocycles. The summed E-state index contributed by atoms with van der Waals surface area (Å²) in [4.78, 5) is 10.3. The molecule has 0 aromatic rings. The quantitative estimate of drug-likeness (QED) is 0.548. The second-order valence-electron chi connectivity index (χ2n) is 4.67. The van der Waals surface area contributed by atoms with Gasteiger partial charge in [-0.05, 0) is 32.2 Å². The summed E-state index contributed by atoms with van der Waals surface area (Å²) in [7, 11) is 0. The summed E-state index contributed by atoms with van der Waals surface area (Å²) in [5.41, 5.74) is 0. The standard InChI is InChI=1S/C13H27NO3/c1-4-17-10-12(11(2)3)14-9-7-5-6-8-13(15)16/h11-12,14H,4-10H2,1-3H3,(H,15,16). The van der Waals surface area contributed by atoms with Crippen LogP contribution in [0.1, 0.15) is 46.5 Å². The lowest BCUT2D eigenvalue weighted by molar-refractivity contribution is -0.137. The van der Waals surface area contributed by atoms with Crippen molar-refractivity contribution in [1.82, 2.24) is 5.32 Å². The van der Waals surface area contributed by atoms with Crippen molar-refractivity contribution in [2.45, 2.75) is 52.5 Å². The highest BCUT2D eigenvalue weighted by Crippen LogP contribution is 2.04. The number of hydrogen-bond acceptors (Lipinski definition) is 3. The summed E-state index contributed by atoms with van der Waals surface area (Å²) in [6.45, 7) is 8.81. The molecule has 0 saturated carbocycles. The number of carbonyl (C=O) groups is 1. The minimum absolute atomic E-state index is 0.284. The van der Waals surface area contributed by atoms with Gasteiger partial charge in [-0.3, -0.25) is 4.79 Å². The molecular formula is C13H27NO3. The molecule has 0 bridgehead atoms. The fourth-order valence-corrected chi connectivity index (χ4v) is 1.60. The Morgan fingerprint density at radius 2 is 2.00 bits per heavy atom. The molecule has 17 heavy (non-hydrogen) atoms. The van der Waals surface area contributed by atoms with Crippen molar-refractivity contribution in [3.05, 3.63) is 0 Å². The van der Waals surface area contributed by atoms with E-state index in [1.165, 1.54) is 0 Å². The molecule has 0 saturated heterocycles. The first-order chi connectivity index (χ1) is 8.07. The molecule has 4 heteroatoms. The van der Waals surface area contributed by atoms with Crippen LogP contribution in [0.5, 0.6) is 0 Å². The first kappa shape index (κ1) is 16.4. The molecule has 0 heterocycles. The number of unbranched alkanes of at least 4 members (excludes halogenated alkanes) is 2. The molecule has 0 aromatic heterocycles. The third-order valence-electron chi connectivity index (χ3n) is 2.78. The molecule has 1 unspecified atom stereocenters. The Kier molecular flexibility index (Phi) is 10.2. The van der Waals surface area contributed by atoms with Crippen LogP contribution in [0.4, 0.5) is 0 Å². The Morgan fingerprint density at radius 1 is 1.29 bits per heavy atom. The van der Waals surface area contributed by atoms with Crippen molar-refractivity contribution in [3.8, 4) is 0 Å². The van der Waals surface area contributed by atoms with Gasteiger partial charge in [-0.15, -0.1) is 0 Å². The van der Waals surface area contributed by atoms with Gasteiger partial charge >= 0.3 is 5.97 Å². The van der Waals surface area contributed by atoms with E-state index in [4.69, 9.17) is 9.84 Å². The van der Waals surface area contributed by atoms with Gasteiger partial charge in [0.15, 0.2) is 0 Å². The molecule has 0 rings (SSSR count). The highest BCUT2D eigenvalue weighted by molar-refractivity contribution is 5.66. The van der Waals surface area contributed by atoms with Crippen molar-refractivity contribution < 1.29 is 14.6 Å². The average molecular weight is 245 g/mol. The van der Waals surface area contributed by atoms with Crippen LogP contribution in [0.2, 0.25) is 0 Å². The molecule has 0 amide bonds. The zero-order chi connectivity index (χ0) is 13.1. The Bertz CT molecular complexity index is 195. The molecule has 0 aromatic carbocycles. The van der Waals surface area contributed by atoms with E-state index in [1.54, 1.807) is 0 Å². The molecule has 4 nitrogen and oxygen atoms in total. The summed E-state index contributed by atoms with van der Waals surface area (Å²) in [6, 6.07) is 0.398. The Balaban J connectivity index is 3.50. The van der Waals surface area contributed by atoms with Gasteiger partial charge < -0.3 is 15.2 Å². The molecule has 0 radical (unpaired) electrons. The number of hydrogen-bond donors (Lipinski definition) is 2. The van der Waals surface area contributed by atoms with Crippen LogP contribution in [0.3, 0.4) is 0 Å². The highest BCUT2D eigenvalue weighted by Gasteiger charge is 2.11. The Hall–Kier alpha value is -0.610. The van der Waals surface area contributed by atoms with Gasteiger partial charge in [0.25, 0.3) is 0 Å². The van der Waals surface area contributed by atoms with Crippen LogP contribution in [0, 0.1) is 5.92 Å². The highest BCUT2D eigenvalue weighted by atomic mass is 16.5. The number of carboxylic acids is 1. The molecule has 0 aliphatic rings. The number of carboxylic acid groups (broad SMARTS) is 1. The van der Waals surface area contributed by atoms with Gasteiger partial charge in [0.1, 0.15) is 0 Å². The van der Waals surface area contributed by atoms with Crippen molar-refractivity contribution in [2.75, 3.05) is 19.8 Å². The van der Waals surface area contributed by atoms with E-state index in [-0.39, 0.29) is 6.42 Å². The third kappa shape index (κ3) is 10.3. The SMILES string of the molecule is CCOCC(NCCCCCC(=O)O)C(C)C. The van der Waals surface area contributed by atoms with Crippen molar-refractivity contribution in [2.24, 2.45) is 5.92 Å². The maximum Gasteiger partial charge on any atom is 0.303 e. The van der Waals surface area contributed by atoms with Crippen LogP contribution in [-0.4, -0.2) is 36.9 Å². The minimum Gasteiger partial charge on any atom is -0.481 e. The summed E-state index contributed by atoms with van der Waals surface area (Å²) < 4.78 is 5.43. The van der Waals surface area contributed by atoms with Gasteiger partial charge in [-0.25, -0.2) is 0 Å². The van der Waals surface area contributed by atoms with E-state index in [9.17, 15) is 4.79 Å². The normalized spacial score (nSPS) is 12.9. The number of aliphatic carboxylic acids is 1. The lowest BCUT2D eigenvalue weighted by atomic mass is 10.1. The smallest absolute Gasteiger partial charge is 0.303 e. The van der Waals surface area contributed by atoms with Crippen molar-refractivity contribution in [3.63, 3.8) is 0 Å². The zero-order valence-electron chi connectivity index (χ0n) is 11.4. The van der Waals surface area contributed by atoms with E-state index >= 15 is 0 Å². The van der Waals surface area contributed by atoms with Gasteiger partial charge in [-0.2, -0.15) is 0 Å². The minimum atomic E-state index is -0.700. The summed E-state index contributed by atoms with van der Waals surface area (Å²) in [5, 5.41) is 12.0. The molecule has 1 atom stereocenters. The number of rotatable bonds is 11. The third-order valence-corrected chi connectivity index (χ3v) is 2.78. The Morgan fingerprint density at radius 3 is 2.53 bits per heavy atom. The molecule has 0 aliphatic carbocycles. The van der Waals surface area contributed by atoms with Crippen LogP contribution in [0.15, 0.2) is 0 Å². The lowest BCUT2D eigenvalue weighted by Crippen LogP contribution is -2.38. The predicted molar refractivity (Wildman–Crippen MR) is 69.2 cm³/mol. The molecule has 2 N–H and O–H groups in total. The Labute approximate surface area is 105 Å². The molecular weight excluding hydrogens is 218 g/mol. The van der Waals surface area contributed by atoms with E-state index < -0.39 is 5.97 Å². The van der Waals surface area contributed by atoms with Gasteiger partial charge in [0, 0.05) is 19.1 Å². The van der Waals surface area contributed by atoms with E-state index in [0.717, 1.165) is 39.0 Å². The van der Waals surface area contributed by atoms with E-state index in [1.807, 2.05) is 6.92 Å². The van der Waals surface area contributed by atoms with E-state index in [2.05, 4.69) is 19.2 Å². The maximum absolute atomic E-state index is 10.3. The number of nitrogens with one attached hydrogen (secondary N) is 1. The second kappa shape index (κ2) is 10.5. The van der Waals surface area contributed by atoms with Gasteiger partial charge in [-0.1, -0.05) is 20.3 Å². The van der Waals surface area contributed by atoms with Crippen LogP contribution < -0.4 is 5.32 Å². The predicted octanol–water partition coefficient (Wildman–Crippen LogP) is 2.28. The monoisotopic (exact) mass is 245 g/mol. The molecule has 0 spiro atoms. The van der Waals surface area contributed by atoms with Gasteiger partial charge in [0.05, 0.1) is 6.61 Å². The topological polar surface area (TPSA) is 58.6 Å². The number of ether oxygens (including phenoxy) is 1. The summed E-state index contributed by atoms with van der Waals surface area (Å²) in [6.07, 6.45) is 3.06. The van der Waals surface area contributed by atoms with Crippen LogP contribution >= 0.6 is 0 Å². The summed E-state index contributed by atoms with van der Waals surface area (Å²) >= 11 is 0. The van der Waals surface area contributed by atoms with Gasteiger partial charge in [0.2, 0.25) is 0 Å². The summed E-state index contributed by atoms with van der Waals surface area (Å²) in [5.74, 6) is -0.144. The van der Waals surface area contributed by atoms with Crippen LogP contribution in [-0.2, 0) is 9.53 Å². The first-order valence-corrected chi connectivity index (χ1v) is 6.60. The molecule has 102 valence electrons. The fourth-order valence-electron chi connectivity index (χ4n) is 1.60. The second-order valence-corrected chi connectivity index (χ2v) is 4.67.